The van der Waals surface area contributed by atoms with Crippen molar-refractivity contribution in [3.05, 3.63) is 100 Å². The van der Waals surface area contributed by atoms with Crippen molar-refractivity contribution in [1.82, 2.24) is 4.72 Å². The van der Waals surface area contributed by atoms with Gasteiger partial charge in [0.15, 0.2) is 0 Å². The topological polar surface area (TPSA) is 63.2 Å². The Kier molecular flexibility index (Phi) is 5.70. The fourth-order valence-corrected chi connectivity index (χ4v) is 5.11. The number of nitrogens with one attached hydrogen (secondary N) is 1. The smallest absolute Gasteiger partial charge is 0.264 e. The normalized spacial score (nSPS) is 12.6. The molecule has 0 aliphatic carbocycles. The van der Waals surface area contributed by atoms with Gasteiger partial charge in [0.25, 0.3) is 10.0 Å². The molecule has 1 unspecified atom stereocenters. The molecule has 4 nitrogen and oxygen atoms in total. The van der Waals surface area contributed by atoms with Gasteiger partial charge in [-0.25, -0.2) is 13.1 Å². The molecule has 1 heterocycles. The van der Waals surface area contributed by atoms with Crippen LogP contribution in [0.25, 0.3) is 10.8 Å². The van der Waals surface area contributed by atoms with E-state index in [1.807, 2.05) is 66.2 Å². The van der Waals surface area contributed by atoms with Crippen molar-refractivity contribution in [1.29, 1.82) is 0 Å². The summed E-state index contributed by atoms with van der Waals surface area (Å²) in [4.78, 5) is 13.3. The van der Waals surface area contributed by atoms with Gasteiger partial charge in [0.05, 0.1) is 10.8 Å². The second-order valence-corrected chi connectivity index (χ2v) is 9.74. The van der Waals surface area contributed by atoms with Crippen LogP contribution in [-0.2, 0) is 21.2 Å². The molecule has 0 bridgehead atoms. The average molecular weight is 436 g/mol. The van der Waals surface area contributed by atoms with Gasteiger partial charge in [-0.05, 0) is 64.2 Å². The van der Waals surface area contributed by atoms with E-state index in [0.717, 1.165) is 27.5 Å². The molecule has 0 saturated carbocycles. The summed E-state index contributed by atoms with van der Waals surface area (Å²) in [5.41, 5.74) is 2.74. The highest BCUT2D eigenvalue weighted by molar-refractivity contribution is 7.90. The molecule has 4 aromatic rings. The number of fused-ring (bicyclic) bond motifs is 1. The van der Waals surface area contributed by atoms with Gasteiger partial charge in [0.1, 0.15) is 0 Å². The molecule has 0 aliphatic heterocycles. The molecule has 3 aromatic carbocycles. The number of sulfonamides is 1. The Labute approximate surface area is 180 Å². The second-order valence-electron chi connectivity index (χ2n) is 7.28. The van der Waals surface area contributed by atoms with Crippen molar-refractivity contribution >= 4 is 38.0 Å². The maximum absolute atomic E-state index is 13.2. The molecular formula is C24H21NO3S2. The Morgan fingerprint density at radius 1 is 0.967 bits per heavy atom. The van der Waals surface area contributed by atoms with E-state index in [1.165, 1.54) is 12.1 Å². The molecule has 1 aromatic heterocycles. The van der Waals surface area contributed by atoms with Crippen molar-refractivity contribution < 1.29 is 13.2 Å². The zero-order valence-electron chi connectivity index (χ0n) is 16.4. The van der Waals surface area contributed by atoms with E-state index >= 15 is 0 Å². The number of carbonyl (C=O) groups is 1. The van der Waals surface area contributed by atoms with Gasteiger partial charge in [-0.15, -0.1) is 0 Å². The van der Waals surface area contributed by atoms with Crippen LogP contribution >= 0.6 is 11.3 Å². The Morgan fingerprint density at radius 2 is 1.70 bits per heavy atom. The van der Waals surface area contributed by atoms with Gasteiger partial charge in [0, 0.05) is 0 Å². The predicted molar refractivity (Wildman–Crippen MR) is 121 cm³/mol. The van der Waals surface area contributed by atoms with Crippen molar-refractivity contribution in [3.8, 4) is 0 Å². The van der Waals surface area contributed by atoms with Crippen LogP contribution in [0.15, 0.2) is 88.5 Å². The number of thiophene rings is 1. The van der Waals surface area contributed by atoms with E-state index in [9.17, 15) is 13.2 Å². The van der Waals surface area contributed by atoms with Gasteiger partial charge in [-0.1, -0.05) is 60.2 Å². The van der Waals surface area contributed by atoms with Gasteiger partial charge < -0.3 is 0 Å². The first-order valence-electron chi connectivity index (χ1n) is 9.55. The fourth-order valence-electron chi connectivity index (χ4n) is 3.41. The molecule has 30 heavy (non-hydrogen) atoms. The third kappa shape index (κ3) is 4.45. The molecule has 1 amide bonds. The second kappa shape index (κ2) is 8.42. The van der Waals surface area contributed by atoms with Gasteiger partial charge in [-0.2, -0.15) is 11.3 Å². The summed E-state index contributed by atoms with van der Waals surface area (Å²) in [6.45, 7) is 1.88. The minimum Gasteiger partial charge on any atom is -0.273 e. The van der Waals surface area contributed by atoms with Gasteiger partial charge in [-0.3, -0.25) is 4.79 Å². The largest absolute Gasteiger partial charge is 0.273 e. The third-order valence-electron chi connectivity index (χ3n) is 5.08. The highest BCUT2D eigenvalue weighted by Gasteiger charge is 2.26. The number of carbonyl (C=O) groups excluding carboxylic acids is 1. The third-order valence-corrected chi connectivity index (χ3v) is 7.17. The molecule has 0 fully saturated rings. The Balaban J connectivity index is 1.67. The van der Waals surface area contributed by atoms with Crippen LogP contribution in [0.3, 0.4) is 0 Å². The predicted octanol–water partition coefficient (Wildman–Crippen LogP) is 5.04. The summed E-state index contributed by atoms with van der Waals surface area (Å²) in [5, 5.41) is 6.02. The average Bonchev–Trinajstić information content (AvgIpc) is 3.25. The highest BCUT2D eigenvalue weighted by atomic mass is 32.2. The van der Waals surface area contributed by atoms with E-state index in [4.69, 9.17) is 0 Å². The van der Waals surface area contributed by atoms with Crippen molar-refractivity contribution in [2.45, 2.75) is 24.2 Å². The SMILES string of the molecule is Cc1ccc(S(=O)(=O)NC(=O)C(Cc2ccsc2)c2ccc3ccccc3c2)cc1. The molecule has 0 aliphatic rings. The molecule has 152 valence electrons. The number of hydrogen-bond acceptors (Lipinski definition) is 4. The van der Waals surface area contributed by atoms with Crippen LogP contribution in [0, 0.1) is 6.92 Å². The molecular weight excluding hydrogens is 414 g/mol. The number of aryl methyl sites for hydroxylation is 1. The molecule has 1 atom stereocenters. The lowest BCUT2D eigenvalue weighted by Gasteiger charge is -2.18. The van der Waals surface area contributed by atoms with Crippen molar-refractivity contribution in [3.63, 3.8) is 0 Å². The molecule has 4 rings (SSSR count). The fraction of sp³-hybridized carbons (Fsp3) is 0.125. The summed E-state index contributed by atoms with van der Waals surface area (Å²) in [5.74, 6) is -1.15. The molecule has 0 saturated heterocycles. The number of rotatable bonds is 6. The van der Waals surface area contributed by atoms with E-state index in [2.05, 4.69) is 4.72 Å². The minimum atomic E-state index is -3.95. The van der Waals surface area contributed by atoms with E-state index in [-0.39, 0.29) is 4.90 Å². The standard InChI is InChI=1S/C24H21NO3S2/c1-17-6-10-22(11-7-17)30(27,28)25-24(26)23(14-18-12-13-29-16-18)21-9-8-19-4-2-3-5-20(19)15-21/h2-13,15-16,23H,14H2,1H3,(H,25,26). The Morgan fingerprint density at radius 3 is 2.40 bits per heavy atom. The lowest BCUT2D eigenvalue weighted by Crippen LogP contribution is -2.35. The summed E-state index contributed by atoms with van der Waals surface area (Å²) in [6, 6.07) is 22.1. The van der Waals surface area contributed by atoms with E-state index < -0.39 is 21.8 Å². The summed E-state index contributed by atoms with van der Waals surface area (Å²) < 4.78 is 27.8. The van der Waals surface area contributed by atoms with Crippen LogP contribution in [-0.4, -0.2) is 14.3 Å². The first-order valence-corrected chi connectivity index (χ1v) is 12.0. The van der Waals surface area contributed by atoms with E-state index in [0.29, 0.717) is 6.42 Å². The Hall–Kier alpha value is -2.96. The molecule has 1 N–H and O–H groups in total. The zero-order valence-corrected chi connectivity index (χ0v) is 18.0. The number of hydrogen-bond donors (Lipinski definition) is 1. The van der Waals surface area contributed by atoms with Gasteiger partial charge in [0.2, 0.25) is 5.91 Å². The van der Waals surface area contributed by atoms with Crippen LogP contribution < -0.4 is 4.72 Å². The van der Waals surface area contributed by atoms with Crippen molar-refractivity contribution in [2.75, 3.05) is 0 Å². The lowest BCUT2D eigenvalue weighted by atomic mass is 9.91. The number of amides is 1. The number of benzene rings is 3. The van der Waals surface area contributed by atoms with Crippen LogP contribution in [0.1, 0.15) is 22.6 Å². The monoisotopic (exact) mass is 435 g/mol. The summed E-state index contributed by atoms with van der Waals surface area (Å²) in [7, 11) is -3.95. The first-order chi connectivity index (χ1) is 14.4. The Bertz CT molecular complexity index is 1280. The summed E-state index contributed by atoms with van der Waals surface area (Å²) >= 11 is 1.55. The van der Waals surface area contributed by atoms with Gasteiger partial charge >= 0.3 is 0 Å². The maximum Gasteiger partial charge on any atom is 0.264 e. The molecule has 0 spiro atoms. The quantitative estimate of drug-likeness (QED) is 0.461. The molecule has 6 heteroatoms. The minimum absolute atomic E-state index is 0.0780. The summed E-state index contributed by atoms with van der Waals surface area (Å²) in [6.07, 6.45) is 0.428. The zero-order chi connectivity index (χ0) is 21.1. The lowest BCUT2D eigenvalue weighted by molar-refractivity contribution is -0.120. The molecule has 0 radical (unpaired) electrons. The first kappa shape index (κ1) is 20.3. The maximum atomic E-state index is 13.2. The van der Waals surface area contributed by atoms with E-state index in [1.54, 1.807) is 23.5 Å². The van der Waals surface area contributed by atoms with Crippen molar-refractivity contribution in [2.24, 2.45) is 0 Å². The van der Waals surface area contributed by atoms with Crippen LogP contribution in [0.2, 0.25) is 0 Å². The highest BCUT2D eigenvalue weighted by Crippen LogP contribution is 2.27. The van der Waals surface area contributed by atoms with Crippen LogP contribution in [0.4, 0.5) is 0 Å². The van der Waals surface area contributed by atoms with Crippen LogP contribution in [0.5, 0.6) is 0 Å².